The molecule has 9 heteroatoms. The maximum atomic E-state index is 14.8. The number of aromatic nitrogens is 3. The minimum absolute atomic E-state index is 0.0302. The third kappa shape index (κ3) is 3.61. The van der Waals surface area contributed by atoms with Gasteiger partial charge in [0.25, 0.3) is 5.91 Å². The zero-order chi connectivity index (χ0) is 24.3. The van der Waals surface area contributed by atoms with Crippen LogP contribution in [0.1, 0.15) is 34.1 Å². The molecule has 1 unspecified atom stereocenters. The fraction of sp³-hybridized carbons (Fsp3) is 0.269. The minimum atomic E-state index is -3.17. The lowest BCUT2D eigenvalue weighted by molar-refractivity contribution is 0.0991. The lowest BCUT2D eigenvalue weighted by Crippen LogP contribution is -2.29. The number of halogens is 1. The maximum absolute atomic E-state index is 14.8. The molecule has 6 rings (SSSR count). The van der Waals surface area contributed by atoms with Crippen LogP contribution in [-0.4, -0.2) is 47.1 Å². The Morgan fingerprint density at radius 3 is 2.66 bits per heavy atom. The number of amides is 1. The number of nitrogens with zero attached hydrogens (tertiary/aromatic N) is 4. The molecule has 35 heavy (non-hydrogen) atoms. The molecule has 0 spiro atoms. The zero-order valence-electron chi connectivity index (χ0n) is 19.1. The molecule has 1 atom stereocenters. The Labute approximate surface area is 202 Å². The average molecular weight is 491 g/mol. The van der Waals surface area contributed by atoms with Crippen LogP contribution in [0.15, 0.2) is 54.6 Å². The van der Waals surface area contributed by atoms with E-state index in [1.807, 2.05) is 24.3 Å². The molecular formula is C26H23FN4O3S. The first kappa shape index (κ1) is 21.9. The van der Waals surface area contributed by atoms with E-state index in [0.29, 0.717) is 41.0 Å². The van der Waals surface area contributed by atoms with E-state index in [1.54, 1.807) is 40.8 Å². The number of para-hydroxylation sites is 1. The fourth-order valence-electron chi connectivity index (χ4n) is 5.21. The Morgan fingerprint density at radius 2 is 1.89 bits per heavy atom. The quantitative estimate of drug-likeness (QED) is 0.432. The number of pyridine rings is 1. The first-order chi connectivity index (χ1) is 16.8. The summed E-state index contributed by atoms with van der Waals surface area (Å²) >= 11 is 0. The highest BCUT2D eigenvalue weighted by molar-refractivity contribution is 7.91. The Morgan fingerprint density at radius 1 is 1.11 bits per heavy atom. The number of carbonyl (C=O) groups excluding carboxylic acids is 1. The lowest BCUT2D eigenvalue weighted by atomic mass is 10.0. The van der Waals surface area contributed by atoms with Crippen LogP contribution in [0.2, 0.25) is 0 Å². The van der Waals surface area contributed by atoms with Gasteiger partial charge in [0.05, 0.1) is 39.9 Å². The summed E-state index contributed by atoms with van der Waals surface area (Å²) in [4.78, 5) is 20.4. The summed E-state index contributed by atoms with van der Waals surface area (Å²) in [5.74, 6) is -0.601. The van der Waals surface area contributed by atoms with Gasteiger partial charge in [-0.2, -0.15) is 5.10 Å². The Bertz CT molecular complexity index is 1610. The molecule has 0 bridgehead atoms. The van der Waals surface area contributed by atoms with Crippen LogP contribution in [0, 0.1) is 12.7 Å². The summed E-state index contributed by atoms with van der Waals surface area (Å²) < 4.78 is 40.8. The predicted octanol–water partition coefficient (Wildman–Crippen LogP) is 4.11. The van der Waals surface area contributed by atoms with Crippen molar-refractivity contribution in [2.24, 2.45) is 0 Å². The van der Waals surface area contributed by atoms with Gasteiger partial charge >= 0.3 is 0 Å². The van der Waals surface area contributed by atoms with E-state index < -0.39 is 15.7 Å². The van der Waals surface area contributed by atoms with E-state index in [0.717, 1.165) is 17.7 Å². The van der Waals surface area contributed by atoms with Gasteiger partial charge in [-0.15, -0.1) is 0 Å². The molecule has 2 aromatic carbocycles. The number of aryl methyl sites for hydroxylation is 1. The summed E-state index contributed by atoms with van der Waals surface area (Å²) in [5, 5.41) is 5.21. The smallest absolute Gasteiger partial charge is 0.259 e. The monoisotopic (exact) mass is 490 g/mol. The highest BCUT2D eigenvalue weighted by Crippen LogP contribution is 2.35. The van der Waals surface area contributed by atoms with Crippen molar-refractivity contribution in [3.05, 3.63) is 77.2 Å². The minimum Gasteiger partial charge on any atom is -0.308 e. The summed E-state index contributed by atoms with van der Waals surface area (Å²) in [7, 11) is -3.17. The van der Waals surface area contributed by atoms with E-state index in [-0.39, 0.29) is 29.0 Å². The van der Waals surface area contributed by atoms with Crippen LogP contribution in [0.3, 0.4) is 0 Å². The normalized spacial score (nSPS) is 18.8. The number of fused-ring (bicyclic) bond motifs is 2. The second kappa shape index (κ2) is 7.98. The van der Waals surface area contributed by atoms with Gasteiger partial charge in [-0.25, -0.2) is 22.5 Å². The van der Waals surface area contributed by atoms with E-state index in [9.17, 15) is 17.6 Å². The van der Waals surface area contributed by atoms with Gasteiger partial charge in [0, 0.05) is 17.8 Å². The molecule has 0 radical (unpaired) electrons. The molecule has 1 saturated heterocycles. The number of hydrogen-bond donors (Lipinski definition) is 0. The average Bonchev–Trinajstić information content (AvgIpc) is 3.53. The second-order valence-electron chi connectivity index (χ2n) is 9.16. The van der Waals surface area contributed by atoms with E-state index in [1.165, 1.54) is 6.07 Å². The third-order valence-electron chi connectivity index (χ3n) is 6.90. The van der Waals surface area contributed by atoms with Crippen molar-refractivity contribution in [1.82, 2.24) is 14.8 Å². The number of hydrogen-bond acceptors (Lipinski definition) is 5. The van der Waals surface area contributed by atoms with Gasteiger partial charge in [0.2, 0.25) is 0 Å². The lowest BCUT2D eigenvalue weighted by Gasteiger charge is -2.19. The van der Waals surface area contributed by atoms with Gasteiger partial charge in [-0.1, -0.05) is 30.3 Å². The molecule has 4 aromatic rings. The maximum Gasteiger partial charge on any atom is 0.259 e. The molecule has 7 nitrogen and oxygen atoms in total. The van der Waals surface area contributed by atoms with Gasteiger partial charge in [-0.3, -0.25) is 4.79 Å². The number of benzene rings is 2. The van der Waals surface area contributed by atoms with Crippen molar-refractivity contribution in [1.29, 1.82) is 0 Å². The molecule has 4 heterocycles. The van der Waals surface area contributed by atoms with Crippen LogP contribution in [-0.2, 0) is 16.3 Å². The van der Waals surface area contributed by atoms with Crippen molar-refractivity contribution >= 4 is 32.5 Å². The van der Waals surface area contributed by atoms with Crippen molar-refractivity contribution in [2.45, 2.75) is 25.8 Å². The summed E-state index contributed by atoms with van der Waals surface area (Å²) in [6.07, 6.45) is 1.18. The van der Waals surface area contributed by atoms with Crippen LogP contribution >= 0.6 is 0 Å². The third-order valence-corrected chi connectivity index (χ3v) is 8.65. The van der Waals surface area contributed by atoms with Crippen LogP contribution in [0.4, 0.5) is 10.1 Å². The first-order valence-electron chi connectivity index (χ1n) is 11.6. The van der Waals surface area contributed by atoms with E-state index >= 15 is 0 Å². The molecular weight excluding hydrogens is 467 g/mol. The fourth-order valence-corrected chi connectivity index (χ4v) is 6.90. The van der Waals surface area contributed by atoms with E-state index in [4.69, 9.17) is 4.98 Å². The first-order valence-corrected chi connectivity index (χ1v) is 13.4. The molecule has 2 aliphatic rings. The zero-order valence-corrected chi connectivity index (χ0v) is 19.9. The van der Waals surface area contributed by atoms with Crippen molar-refractivity contribution in [3.63, 3.8) is 0 Å². The van der Waals surface area contributed by atoms with Gasteiger partial charge in [-0.05, 0) is 49.6 Å². The molecule has 2 aliphatic heterocycles. The molecule has 1 fully saturated rings. The predicted molar refractivity (Wildman–Crippen MR) is 132 cm³/mol. The Hall–Kier alpha value is -3.59. The Kier molecular flexibility index (Phi) is 5.00. The summed E-state index contributed by atoms with van der Waals surface area (Å²) in [6.45, 7) is 2.34. The summed E-state index contributed by atoms with van der Waals surface area (Å²) in [5.41, 5.74) is 3.93. The topological polar surface area (TPSA) is 85.2 Å². The number of rotatable bonds is 3. The van der Waals surface area contributed by atoms with Crippen molar-refractivity contribution in [3.8, 4) is 11.3 Å². The van der Waals surface area contributed by atoms with Gasteiger partial charge in [0.1, 0.15) is 5.82 Å². The number of carbonyl (C=O) groups is 1. The van der Waals surface area contributed by atoms with Crippen LogP contribution in [0.25, 0.3) is 22.3 Å². The van der Waals surface area contributed by atoms with Gasteiger partial charge in [0.15, 0.2) is 15.5 Å². The SMILES string of the molecule is Cc1nn(C2CCS(=O)(=O)C2)c2nc(-c3ccccc3F)cc(C(=O)N3CCc4ccccc43)c12. The standard InChI is InChI=1S/C26H23FN4O3S/c1-16-24-20(26(32)30-12-10-17-6-2-5-9-23(17)30)14-22(19-7-3-4-8-21(19)27)28-25(24)31(29-16)18-11-13-35(33,34)15-18/h2-9,14,18H,10-13,15H2,1H3. The molecule has 2 aromatic heterocycles. The summed E-state index contributed by atoms with van der Waals surface area (Å²) in [6, 6.07) is 15.3. The molecule has 0 aliphatic carbocycles. The van der Waals surface area contributed by atoms with Gasteiger partial charge < -0.3 is 4.90 Å². The highest BCUT2D eigenvalue weighted by Gasteiger charge is 2.34. The van der Waals surface area contributed by atoms with E-state index in [2.05, 4.69) is 5.10 Å². The molecule has 0 N–H and O–H groups in total. The molecule has 0 saturated carbocycles. The molecule has 178 valence electrons. The van der Waals surface area contributed by atoms with Crippen molar-refractivity contribution in [2.75, 3.05) is 23.0 Å². The number of anilines is 1. The van der Waals surface area contributed by atoms with Crippen molar-refractivity contribution < 1.29 is 17.6 Å². The second-order valence-corrected chi connectivity index (χ2v) is 11.4. The highest BCUT2D eigenvalue weighted by atomic mass is 32.2. The number of sulfone groups is 1. The Balaban J connectivity index is 1.57. The molecule has 1 amide bonds. The van der Waals surface area contributed by atoms with Crippen LogP contribution in [0.5, 0.6) is 0 Å². The largest absolute Gasteiger partial charge is 0.308 e. The van der Waals surface area contributed by atoms with Crippen LogP contribution < -0.4 is 4.90 Å².